The predicted octanol–water partition coefficient (Wildman–Crippen LogP) is 3.38. The van der Waals surface area contributed by atoms with Crippen LogP contribution in [0.25, 0.3) is 10.8 Å². The van der Waals surface area contributed by atoms with Crippen LogP contribution >= 0.6 is 11.3 Å². The largest absolute Gasteiger partial charge is 0.462 e. The van der Waals surface area contributed by atoms with Crippen LogP contribution in [-0.2, 0) is 6.54 Å². The lowest BCUT2D eigenvalue weighted by Gasteiger charge is -2.18. The van der Waals surface area contributed by atoms with E-state index in [-0.39, 0.29) is 0 Å². The summed E-state index contributed by atoms with van der Waals surface area (Å²) in [7, 11) is 1.48. The van der Waals surface area contributed by atoms with Gasteiger partial charge in [-0.1, -0.05) is 0 Å². The minimum Gasteiger partial charge on any atom is -0.462 e. The lowest BCUT2D eigenvalue weighted by atomic mass is 10.3. The van der Waals surface area contributed by atoms with Crippen molar-refractivity contribution in [3.05, 3.63) is 29.5 Å². The van der Waals surface area contributed by atoms with Gasteiger partial charge in [0.25, 0.3) is 0 Å². The van der Waals surface area contributed by atoms with Gasteiger partial charge in [0.1, 0.15) is 0 Å². The predicted molar refractivity (Wildman–Crippen MR) is 79.7 cm³/mol. The molecule has 0 unspecified atom stereocenters. The third kappa shape index (κ3) is 5.78. The van der Waals surface area contributed by atoms with Crippen molar-refractivity contribution in [2.75, 3.05) is 26.7 Å². The first-order valence-corrected chi connectivity index (χ1v) is 7.76. The number of halogens is 3. The van der Waals surface area contributed by atoms with Crippen LogP contribution in [0.1, 0.15) is 12.1 Å². The van der Waals surface area contributed by atoms with Gasteiger partial charge in [0, 0.05) is 11.9 Å². The molecule has 0 radical (unpaired) electrons. The molecule has 2 aromatic rings. The van der Waals surface area contributed by atoms with Crippen molar-refractivity contribution in [1.29, 1.82) is 0 Å². The molecule has 0 fully saturated rings. The third-order valence-corrected chi connectivity index (χ3v) is 3.84. The lowest BCUT2D eigenvalue weighted by molar-refractivity contribution is -0.143. The highest BCUT2D eigenvalue weighted by Crippen LogP contribution is 2.23. The minimum absolute atomic E-state index is 0.404. The van der Waals surface area contributed by atoms with Gasteiger partial charge in [-0.2, -0.15) is 13.2 Å². The molecule has 122 valence electrons. The van der Waals surface area contributed by atoms with Crippen LogP contribution in [0.5, 0.6) is 0 Å². The van der Waals surface area contributed by atoms with Gasteiger partial charge in [0.15, 0.2) is 10.8 Å². The zero-order valence-corrected chi connectivity index (χ0v) is 13.0. The molecule has 0 aliphatic heterocycles. The Hall–Kier alpha value is -1.38. The number of alkyl halides is 3. The molecule has 2 aromatic heterocycles. The number of rotatable bonds is 8. The Labute approximate surface area is 131 Å². The summed E-state index contributed by atoms with van der Waals surface area (Å²) in [5.74, 6) is 0.741. The first-order chi connectivity index (χ1) is 10.4. The van der Waals surface area contributed by atoms with E-state index in [2.05, 4.69) is 10.3 Å². The molecule has 0 saturated carbocycles. The smallest absolute Gasteiger partial charge is 0.401 e. The van der Waals surface area contributed by atoms with Gasteiger partial charge in [0.2, 0.25) is 0 Å². The Kier molecular flexibility index (Phi) is 5.98. The van der Waals surface area contributed by atoms with Gasteiger partial charge in [-0.05, 0) is 38.7 Å². The number of aromatic nitrogens is 1. The molecule has 0 amide bonds. The Morgan fingerprint density at radius 3 is 2.91 bits per heavy atom. The van der Waals surface area contributed by atoms with Crippen molar-refractivity contribution in [3.63, 3.8) is 0 Å². The summed E-state index contributed by atoms with van der Waals surface area (Å²) in [5, 5.41) is 5.95. The summed E-state index contributed by atoms with van der Waals surface area (Å²) in [6, 6.07) is 3.67. The SMILES string of the molecule is CN(CCCNCc1csc(-c2ccco2)n1)CC(F)(F)F. The number of nitrogens with zero attached hydrogens (tertiary/aromatic N) is 2. The summed E-state index contributed by atoms with van der Waals surface area (Å²) < 4.78 is 41.7. The maximum absolute atomic E-state index is 12.1. The molecule has 1 N–H and O–H groups in total. The average molecular weight is 333 g/mol. The molecule has 0 spiro atoms. The fourth-order valence-corrected chi connectivity index (χ4v) is 2.76. The molecule has 2 rings (SSSR count). The second-order valence-electron chi connectivity index (χ2n) is 5.00. The van der Waals surface area contributed by atoms with Gasteiger partial charge < -0.3 is 9.73 Å². The van der Waals surface area contributed by atoms with Gasteiger partial charge in [-0.3, -0.25) is 4.90 Å². The Morgan fingerprint density at radius 2 is 2.23 bits per heavy atom. The van der Waals surface area contributed by atoms with Crippen LogP contribution in [-0.4, -0.2) is 42.7 Å². The van der Waals surface area contributed by atoms with Gasteiger partial charge in [-0.15, -0.1) is 11.3 Å². The topological polar surface area (TPSA) is 41.3 Å². The Morgan fingerprint density at radius 1 is 1.41 bits per heavy atom. The van der Waals surface area contributed by atoms with Crippen LogP contribution < -0.4 is 5.32 Å². The van der Waals surface area contributed by atoms with Crippen LogP contribution in [0.15, 0.2) is 28.2 Å². The van der Waals surface area contributed by atoms with Crippen LogP contribution in [0.4, 0.5) is 13.2 Å². The normalized spacial score (nSPS) is 12.2. The third-order valence-electron chi connectivity index (χ3n) is 2.93. The second kappa shape index (κ2) is 7.75. The molecule has 0 aromatic carbocycles. The minimum atomic E-state index is -4.13. The summed E-state index contributed by atoms with van der Waals surface area (Å²) >= 11 is 1.50. The molecule has 0 atom stereocenters. The molecule has 8 heteroatoms. The van der Waals surface area contributed by atoms with E-state index in [1.54, 1.807) is 6.26 Å². The highest BCUT2D eigenvalue weighted by molar-refractivity contribution is 7.13. The molecule has 0 bridgehead atoms. The van der Waals surface area contributed by atoms with E-state index in [1.807, 2.05) is 17.5 Å². The van der Waals surface area contributed by atoms with E-state index >= 15 is 0 Å². The van der Waals surface area contributed by atoms with E-state index in [0.29, 0.717) is 26.1 Å². The molecule has 4 nitrogen and oxygen atoms in total. The number of hydrogen-bond donors (Lipinski definition) is 1. The van der Waals surface area contributed by atoms with Gasteiger partial charge in [-0.25, -0.2) is 4.98 Å². The lowest BCUT2D eigenvalue weighted by Crippen LogP contribution is -2.32. The summed E-state index contributed by atoms with van der Waals surface area (Å²) in [4.78, 5) is 5.71. The van der Waals surface area contributed by atoms with Crippen LogP contribution in [0.3, 0.4) is 0 Å². The van der Waals surface area contributed by atoms with Crippen molar-refractivity contribution in [2.24, 2.45) is 0 Å². The van der Waals surface area contributed by atoms with Crippen molar-refractivity contribution in [2.45, 2.75) is 19.1 Å². The zero-order valence-electron chi connectivity index (χ0n) is 12.2. The van der Waals surface area contributed by atoms with E-state index in [0.717, 1.165) is 16.5 Å². The molecule has 2 heterocycles. The van der Waals surface area contributed by atoms with Crippen LogP contribution in [0.2, 0.25) is 0 Å². The molecule has 22 heavy (non-hydrogen) atoms. The summed E-state index contributed by atoms with van der Waals surface area (Å²) in [6.45, 7) is 0.781. The molecular weight excluding hydrogens is 315 g/mol. The molecule has 0 aliphatic carbocycles. The molecule has 0 aliphatic rings. The van der Waals surface area contributed by atoms with E-state index in [1.165, 1.54) is 23.3 Å². The van der Waals surface area contributed by atoms with Crippen LogP contribution in [0, 0.1) is 0 Å². The second-order valence-corrected chi connectivity index (χ2v) is 5.86. The monoisotopic (exact) mass is 333 g/mol. The van der Waals surface area contributed by atoms with E-state index < -0.39 is 12.7 Å². The van der Waals surface area contributed by atoms with Gasteiger partial charge in [0.05, 0.1) is 18.5 Å². The average Bonchev–Trinajstić information content (AvgIpc) is 3.06. The van der Waals surface area contributed by atoms with Crippen molar-refractivity contribution < 1.29 is 17.6 Å². The first-order valence-electron chi connectivity index (χ1n) is 6.88. The number of nitrogens with one attached hydrogen (secondary N) is 1. The fraction of sp³-hybridized carbons (Fsp3) is 0.500. The first kappa shape index (κ1) is 17.0. The Balaban J connectivity index is 1.63. The zero-order chi connectivity index (χ0) is 16.0. The number of hydrogen-bond acceptors (Lipinski definition) is 5. The quantitative estimate of drug-likeness (QED) is 0.752. The van der Waals surface area contributed by atoms with Crippen molar-refractivity contribution >= 4 is 11.3 Å². The molecule has 0 saturated heterocycles. The maximum atomic E-state index is 12.1. The maximum Gasteiger partial charge on any atom is 0.401 e. The number of furan rings is 1. The van der Waals surface area contributed by atoms with E-state index in [9.17, 15) is 13.2 Å². The van der Waals surface area contributed by atoms with Crippen molar-refractivity contribution in [3.8, 4) is 10.8 Å². The fourth-order valence-electron chi connectivity index (χ4n) is 1.98. The Bertz CT molecular complexity index is 554. The standard InChI is InChI=1S/C14H18F3N3OS/c1-20(10-14(15,16)17)6-3-5-18-8-11-9-22-13(19-11)12-4-2-7-21-12/h2,4,7,9,18H,3,5-6,8,10H2,1H3. The number of thiazole rings is 1. The summed E-state index contributed by atoms with van der Waals surface area (Å²) in [5.41, 5.74) is 0.903. The highest BCUT2D eigenvalue weighted by atomic mass is 32.1. The summed E-state index contributed by atoms with van der Waals surface area (Å²) in [6.07, 6.45) is -1.88. The highest BCUT2D eigenvalue weighted by Gasteiger charge is 2.28. The van der Waals surface area contributed by atoms with Crippen molar-refractivity contribution in [1.82, 2.24) is 15.2 Å². The molecular formula is C14H18F3N3OS. The van der Waals surface area contributed by atoms with E-state index in [4.69, 9.17) is 4.42 Å². The van der Waals surface area contributed by atoms with Gasteiger partial charge >= 0.3 is 6.18 Å².